The van der Waals surface area contributed by atoms with E-state index in [1.165, 1.54) is 17.1 Å². The number of ether oxygens (including phenoxy) is 3. The molecule has 12 heteroatoms. The summed E-state index contributed by atoms with van der Waals surface area (Å²) in [5, 5.41) is 8.07. The first-order valence-electron chi connectivity index (χ1n) is 10.6. The summed E-state index contributed by atoms with van der Waals surface area (Å²) in [6.07, 6.45) is 1.40. The van der Waals surface area contributed by atoms with Crippen molar-refractivity contribution in [2.75, 3.05) is 56.5 Å². The molecule has 0 aliphatic carbocycles. The Morgan fingerprint density at radius 3 is 2.56 bits per heavy atom. The van der Waals surface area contributed by atoms with E-state index in [1.54, 1.807) is 38.5 Å². The summed E-state index contributed by atoms with van der Waals surface area (Å²) in [5.74, 6) is 1.42. The maximum Gasteiger partial charge on any atom is 0.248 e. The predicted octanol–water partition coefficient (Wildman–Crippen LogP) is 2.53. The highest BCUT2D eigenvalue weighted by atomic mass is 19.1. The Labute approximate surface area is 194 Å². The molecule has 2 aromatic carbocycles. The van der Waals surface area contributed by atoms with Crippen molar-refractivity contribution in [3.63, 3.8) is 0 Å². The molecule has 0 unspecified atom stereocenters. The molecule has 1 aliphatic heterocycles. The molecule has 0 atom stereocenters. The highest BCUT2D eigenvalue weighted by Crippen LogP contribution is 2.33. The van der Waals surface area contributed by atoms with Gasteiger partial charge in [-0.05, 0) is 24.3 Å². The van der Waals surface area contributed by atoms with Gasteiger partial charge in [0.2, 0.25) is 11.9 Å². The molecule has 3 heterocycles. The summed E-state index contributed by atoms with van der Waals surface area (Å²) in [6, 6.07) is 8.38. The van der Waals surface area contributed by atoms with Crippen molar-refractivity contribution in [1.82, 2.24) is 24.7 Å². The smallest absolute Gasteiger partial charge is 0.248 e. The molecule has 0 amide bonds. The number of nitrogens with two attached hydrogens (primary N) is 1. The molecule has 0 spiro atoms. The number of anilines is 4. The Balaban J connectivity index is 1.45. The highest BCUT2D eigenvalue weighted by molar-refractivity contribution is 5.88. The fourth-order valence-electron chi connectivity index (χ4n) is 3.85. The minimum absolute atomic E-state index is 0.0997. The van der Waals surface area contributed by atoms with E-state index in [1.807, 2.05) is 4.90 Å². The Bertz CT molecular complexity index is 1340. The van der Waals surface area contributed by atoms with Gasteiger partial charge < -0.3 is 30.2 Å². The predicted molar refractivity (Wildman–Crippen MR) is 125 cm³/mol. The van der Waals surface area contributed by atoms with Gasteiger partial charge in [0, 0.05) is 30.2 Å². The van der Waals surface area contributed by atoms with Crippen LogP contribution in [0.2, 0.25) is 0 Å². The Hall–Kier alpha value is -4.19. The number of morpholine rings is 1. The van der Waals surface area contributed by atoms with E-state index in [0.717, 1.165) is 0 Å². The molecule has 176 valence electrons. The van der Waals surface area contributed by atoms with E-state index >= 15 is 0 Å². The van der Waals surface area contributed by atoms with Gasteiger partial charge in [-0.15, -0.1) is 5.10 Å². The number of benzene rings is 2. The van der Waals surface area contributed by atoms with Gasteiger partial charge >= 0.3 is 0 Å². The van der Waals surface area contributed by atoms with Crippen LogP contribution in [0.3, 0.4) is 0 Å². The van der Waals surface area contributed by atoms with Gasteiger partial charge in [0.25, 0.3) is 0 Å². The van der Waals surface area contributed by atoms with Crippen molar-refractivity contribution in [3.8, 4) is 17.3 Å². The van der Waals surface area contributed by atoms with Crippen LogP contribution in [0.5, 0.6) is 11.5 Å². The lowest BCUT2D eigenvalue weighted by molar-refractivity contribution is 0.122. The number of nitrogens with zero attached hydrogens (tertiary/aromatic N) is 6. The fourth-order valence-corrected chi connectivity index (χ4v) is 3.85. The van der Waals surface area contributed by atoms with Gasteiger partial charge in [-0.2, -0.15) is 9.67 Å². The van der Waals surface area contributed by atoms with E-state index in [2.05, 4.69) is 25.4 Å². The van der Waals surface area contributed by atoms with Crippen molar-refractivity contribution in [2.45, 2.75) is 0 Å². The van der Waals surface area contributed by atoms with Gasteiger partial charge in [-0.3, -0.25) is 0 Å². The summed E-state index contributed by atoms with van der Waals surface area (Å²) >= 11 is 0. The first kappa shape index (κ1) is 21.6. The van der Waals surface area contributed by atoms with E-state index in [9.17, 15) is 4.39 Å². The molecule has 11 nitrogen and oxygen atoms in total. The number of methoxy groups -OCH3 is 2. The van der Waals surface area contributed by atoms with Crippen molar-refractivity contribution >= 4 is 34.2 Å². The lowest BCUT2D eigenvalue weighted by Gasteiger charge is -2.29. The summed E-state index contributed by atoms with van der Waals surface area (Å²) in [4.78, 5) is 14.8. The fraction of sp³-hybridized carbons (Fsp3) is 0.273. The van der Waals surface area contributed by atoms with E-state index in [0.29, 0.717) is 65.9 Å². The number of nitrogens with one attached hydrogen (secondary N) is 1. The van der Waals surface area contributed by atoms with Crippen LogP contribution in [-0.2, 0) is 4.74 Å². The topological polar surface area (TPSA) is 125 Å². The van der Waals surface area contributed by atoms with E-state index in [-0.39, 0.29) is 17.7 Å². The molecule has 0 radical (unpaired) electrons. The van der Waals surface area contributed by atoms with Crippen LogP contribution in [0.4, 0.5) is 27.7 Å². The maximum atomic E-state index is 14.8. The van der Waals surface area contributed by atoms with E-state index in [4.69, 9.17) is 19.9 Å². The van der Waals surface area contributed by atoms with Crippen LogP contribution in [0.15, 0.2) is 36.7 Å². The third kappa shape index (κ3) is 3.99. The number of halogens is 1. The third-order valence-electron chi connectivity index (χ3n) is 5.51. The second kappa shape index (κ2) is 8.98. The van der Waals surface area contributed by atoms with Crippen LogP contribution >= 0.6 is 0 Å². The number of aromatic nitrogens is 5. The minimum Gasteiger partial charge on any atom is -0.493 e. The van der Waals surface area contributed by atoms with Gasteiger partial charge in [0.1, 0.15) is 12.1 Å². The Kier molecular flexibility index (Phi) is 5.72. The SMILES string of the molecule is COc1cc2ncnc(-n3nc(Nc4ccc(N5CCOCC5)c(F)c4)nc3N)c2cc1OC. The molecular weight excluding hydrogens is 443 g/mol. The molecule has 0 bridgehead atoms. The zero-order chi connectivity index (χ0) is 23.7. The zero-order valence-electron chi connectivity index (χ0n) is 18.7. The van der Waals surface area contributed by atoms with Crippen LogP contribution < -0.4 is 25.4 Å². The summed E-state index contributed by atoms with van der Waals surface area (Å²) in [6.45, 7) is 2.46. The van der Waals surface area contributed by atoms with Crippen molar-refractivity contribution < 1.29 is 18.6 Å². The van der Waals surface area contributed by atoms with E-state index < -0.39 is 0 Å². The Morgan fingerprint density at radius 1 is 1.06 bits per heavy atom. The average Bonchev–Trinajstić information content (AvgIpc) is 3.22. The molecule has 1 saturated heterocycles. The van der Waals surface area contributed by atoms with Crippen molar-refractivity contribution in [3.05, 3.63) is 42.5 Å². The normalized spacial score (nSPS) is 13.8. The van der Waals surface area contributed by atoms with Gasteiger partial charge in [0.15, 0.2) is 17.3 Å². The van der Waals surface area contributed by atoms with Gasteiger partial charge in [-0.1, -0.05) is 0 Å². The van der Waals surface area contributed by atoms with Crippen molar-refractivity contribution in [1.29, 1.82) is 0 Å². The first-order valence-corrected chi connectivity index (χ1v) is 10.6. The van der Waals surface area contributed by atoms with Crippen molar-refractivity contribution in [2.24, 2.45) is 0 Å². The molecule has 3 N–H and O–H groups in total. The molecule has 1 aliphatic rings. The van der Waals surface area contributed by atoms with Gasteiger partial charge in [-0.25, -0.2) is 14.4 Å². The third-order valence-corrected chi connectivity index (χ3v) is 5.51. The first-order chi connectivity index (χ1) is 16.6. The number of hydrogen-bond donors (Lipinski definition) is 2. The molecule has 0 saturated carbocycles. The molecule has 1 fully saturated rings. The van der Waals surface area contributed by atoms with Crippen LogP contribution in [0.1, 0.15) is 0 Å². The number of rotatable bonds is 6. The van der Waals surface area contributed by atoms with Gasteiger partial charge in [0.05, 0.1) is 38.6 Å². The molecule has 34 heavy (non-hydrogen) atoms. The Morgan fingerprint density at radius 2 is 1.82 bits per heavy atom. The maximum absolute atomic E-state index is 14.8. The quantitative estimate of drug-likeness (QED) is 0.438. The number of fused-ring (bicyclic) bond motifs is 1. The largest absolute Gasteiger partial charge is 0.493 e. The number of hydrogen-bond acceptors (Lipinski definition) is 10. The standard InChI is InChI=1S/C22H23FN8O3/c1-32-18-10-14-16(11-19(18)33-2)25-12-26-20(14)31-21(24)28-22(29-31)27-13-3-4-17(15(23)9-13)30-5-7-34-8-6-30/h3-4,9-12H,5-8H2,1-2H3,(H3,24,27,28,29). The van der Waals surface area contributed by atoms with Crippen LogP contribution in [0, 0.1) is 5.82 Å². The second-order valence-electron chi connectivity index (χ2n) is 7.52. The molecule has 4 aromatic rings. The summed E-state index contributed by atoms with van der Waals surface area (Å²) in [5.41, 5.74) is 7.78. The lowest BCUT2D eigenvalue weighted by atomic mass is 10.2. The average molecular weight is 466 g/mol. The summed E-state index contributed by atoms with van der Waals surface area (Å²) in [7, 11) is 3.10. The monoisotopic (exact) mass is 466 g/mol. The highest BCUT2D eigenvalue weighted by Gasteiger charge is 2.18. The summed E-state index contributed by atoms with van der Waals surface area (Å²) < 4.78 is 32.2. The zero-order valence-corrected chi connectivity index (χ0v) is 18.7. The second-order valence-corrected chi connectivity index (χ2v) is 7.52. The van der Waals surface area contributed by atoms with Crippen LogP contribution in [0.25, 0.3) is 16.7 Å². The molecular formula is C22H23FN8O3. The molecule has 2 aromatic heterocycles. The molecule has 5 rings (SSSR count). The minimum atomic E-state index is -0.345. The number of nitrogen functional groups attached to an aromatic ring is 1. The lowest BCUT2D eigenvalue weighted by Crippen LogP contribution is -2.36. The van der Waals surface area contributed by atoms with Crippen LogP contribution in [-0.4, -0.2) is 65.3 Å².